The molecule has 2 rings (SSSR count). The molecule has 0 amide bonds. The van der Waals surface area contributed by atoms with Gasteiger partial charge in [-0.3, -0.25) is 4.68 Å². The van der Waals surface area contributed by atoms with Crippen LogP contribution in [0.5, 0.6) is 0 Å². The lowest BCUT2D eigenvalue weighted by molar-refractivity contribution is 0.694. The lowest BCUT2D eigenvalue weighted by Crippen LogP contribution is -1.98. The molecule has 0 unspecified atom stereocenters. The van der Waals surface area contributed by atoms with Crippen LogP contribution in [-0.2, 0) is 13.1 Å². The van der Waals surface area contributed by atoms with E-state index in [1.807, 2.05) is 23.0 Å². The second-order valence-corrected chi connectivity index (χ2v) is 4.76. The molecular formula is C9H10ClN3S. The molecule has 0 aromatic carbocycles. The van der Waals surface area contributed by atoms with E-state index in [-0.39, 0.29) is 0 Å². The minimum Gasteiger partial charge on any atom is -0.326 e. The molecule has 0 aliphatic rings. The Labute approximate surface area is 91.1 Å². The molecule has 74 valence electrons. The van der Waals surface area contributed by atoms with Crippen LogP contribution in [0.2, 0.25) is 4.34 Å². The van der Waals surface area contributed by atoms with E-state index in [9.17, 15) is 0 Å². The molecule has 0 radical (unpaired) electrons. The lowest BCUT2D eigenvalue weighted by atomic mass is 10.4. The van der Waals surface area contributed by atoms with Crippen molar-refractivity contribution in [2.75, 3.05) is 0 Å². The number of rotatable bonds is 3. The Kier molecular flexibility index (Phi) is 2.86. The highest BCUT2D eigenvalue weighted by Crippen LogP contribution is 2.21. The Morgan fingerprint density at radius 1 is 1.50 bits per heavy atom. The molecule has 2 aromatic heterocycles. The van der Waals surface area contributed by atoms with E-state index >= 15 is 0 Å². The van der Waals surface area contributed by atoms with Gasteiger partial charge in [0.2, 0.25) is 0 Å². The van der Waals surface area contributed by atoms with Gasteiger partial charge in [-0.15, -0.1) is 11.3 Å². The number of nitrogens with zero attached hydrogens (tertiary/aromatic N) is 2. The van der Waals surface area contributed by atoms with Gasteiger partial charge in [0.05, 0.1) is 17.1 Å². The van der Waals surface area contributed by atoms with Gasteiger partial charge in [-0.2, -0.15) is 5.10 Å². The molecule has 0 bridgehead atoms. The van der Waals surface area contributed by atoms with E-state index in [4.69, 9.17) is 17.3 Å². The van der Waals surface area contributed by atoms with E-state index in [2.05, 4.69) is 5.10 Å². The normalized spacial score (nSPS) is 10.7. The van der Waals surface area contributed by atoms with Crippen molar-refractivity contribution >= 4 is 22.9 Å². The van der Waals surface area contributed by atoms with Crippen LogP contribution in [0, 0.1) is 0 Å². The van der Waals surface area contributed by atoms with Gasteiger partial charge in [0.25, 0.3) is 0 Å². The predicted molar refractivity (Wildman–Crippen MR) is 58.5 cm³/mol. The fourth-order valence-electron chi connectivity index (χ4n) is 1.19. The summed E-state index contributed by atoms with van der Waals surface area (Å²) in [7, 11) is 0. The van der Waals surface area contributed by atoms with Gasteiger partial charge >= 0.3 is 0 Å². The summed E-state index contributed by atoms with van der Waals surface area (Å²) in [5.41, 5.74) is 6.54. The van der Waals surface area contributed by atoms with Crippen molar-refractivity contribution in [3.05, 3.63) is 39.3 Å². The van der Waals surface area contributed by atoms with Gasteiger partial charge in [-0.05, 0) is 12.1 Å². The second-order valence-electron chi connectivity index (χ2n) is 2.96. The molecule has 0 spiro atoms. The van der Waals surface area contributed by atoms with Crippen molar-refractivity contribution in [2.24, 2.45) is 5.73 Å². The number of hydrogen-bond donors (Lipinski definition) is 1. The van der Waals surface area contributed by atoms with Crippen LogP contribution >= 0.6 is 22.9 Å². The average molecular weight is 228 g/mol. The fraction of sp³-hybridized carbons (Fsp3) is 0.222. The van der Waals surface area contributed by atoms with E-state index in [1.54, 1.807) is 17.5 Å². The Morgan fingerprint density at radius 3 is 2.93 bits per heavy atom. The molecule has 2 N–H and O–H groups in total. The highest BCUT2D eigenvalue weighted by Gasteiger charge is 2.00. The number of aromatic nitrogens is 2. The molecule has 3 nitrogen and oxygen atoms in total. The van der Waals surface area contributed by atoms with Crippen molar-refractivity contribution < 1.29 is 0 Å². The van der Waals surface area contributed by atoms with Gasteiger partial charge in [0, 0.05) is 23.2 Å². The van der Waals surface area contributed by atoms with Crippen molar-refractivity contribution in [3.8, 4) is 0 Å². The van der Waals surface area contributed by atoms with E-state index in [1.165, 1.54) is 4.88 Å². The number of hydrogen-bond acceptors (Lipinski definition) is 3. The van der Waals surface area contributed by atoms with E-state index < -0.39 is 0 Å². The maximum atomic E-state index is 5.83. The molecule has 5 heteroatoms. The molecule has 2 aromatic rings. The highest BCUT2D eigenvalue weighted by atomic mass is 35.5. The topological polar surface area (TPSA) is 43.8 Å². The molecular weight excluding hydrogens is 218 g/mol. The van der Waals surface area contributed by atoms with Crippen molar-refractivity contribution in [1.82, 2.24) is 9.78 Å². The largest absolute Gasteiger partial charge is 0.326 e. The average Bonchev–Trinajstić information content (AvgIpc) is 2.76. The third-order valence-corrected chi connectivity index (χ3v) is 3.09. The van der Waals surface area contributed by atoms with Crippen LogP contribution in [-0.4, -0.2) is 9.78 Å². The number of halogens is 1. The maximum Gasteiger partial charge on any atom is 0.0931 e. The Hall–Kier alpha value is -0.840. The summed E-state index contributed by atoms with van der Waals surface area (Å²) in [4.78, 5) is 1.20. The first-order valence-corrected chi connectivity index (χ1v) is 5.43. The Balaban J connectivity index is 2.10. The summed E-state index contributed by atoms with van der Waals surface area (Å²) >= 11 is 7.40. The van der Waals surface area contributed by atoms with Crippen LogP contribution in [0.4, 0.5) is 0 Å². The zero-order chi connectivity index (χ0) is 9.97. The summed E-state index contributed by atoms with van der Waals surface area (Å²) in [5.74, 6) is 0. The minimum atomic E-state index is 0.533. The highest BCUT2D eigenvalue weighted by molar-refractivity contribution is 7.16. The summed E-state index contributed by atoms with van der Waals surface area (Å²) in [6.07, 6.45) is 3.74. The lowest BCUT2D eigenvalue weighted by Gasteiger charge is -1.96. The van der Waals surface area contributed by atoms with Gasteiger partial charge < -0.3 is 5.73 Å². The van der Waals surface area contributed by atoms with Crippen LogP contribution in [0.25, 0.3) is 0 Å². The van der Waals surface area contributed by atoms with Crippen LogP contribution in [0.1, 0.15) is 10.4 Å². The summed E-state index contributed by atoms with van der Waals surface area (Å²) in [6.45, 7) is 1.29. The minimum absolute atomic E-state index is 0.533. The van der Waals surface area contributed by atoms with Crippen LogP contribution < -0.4 is 5.73 Å². The zero-order valence-electron chi connectivity index (χ0n) is 7.48. The first kappa shape index (κ1) is 9.71. The third-order valence-electron chi connectivity index (χ3n) is 1.87. The third kappa shape index (κ3) is 2.15. The number of thiophene rings is 1. The molecule has 0 aliphatic carbocycles. The molecule has 0 saturated carbocycles. The van der Waals surface area contributed by atoms with Crippen molar-refractivity contribution in [3.63, 3.8) is 0 Å². The smallest absolute Gasteiger partial charge is 0.0931 e. The standard InChI is InChI=1S/C9H10ClN3S/c10-9-2-1-8(14-9)6-13-5-7(3-11)4-12-13/h1-2,4-5H,3,6,11H2. The Bertz CT molecular complexity index is 421. The van der Waals surface area contributed by atoms with Gasteiger partial charge in [-0.1, -0.05) is 11.6 Å². The second kappa shape index (κ2) is 4.13. The summed E-state index contributed by atoms with van der Waals surface area (Å²) in [6, 6.07) is 3.91. The summed E-state index contributed by atoms with van der Waals surface area (Å²) < 4.78 is 2.68. The predicted octanol–water partition coefficient (Wildman–Crippen LogP) is 2.10. The molecule has 0 atom stereocenters. The van der Waals surface area contributed by atoms with Crippen LogP contribution in [0.3, 0.4) is 0 Å². The van der Waals surface area contributed by atoms with E-state index in [0.29, 0.717) is 6.54 Å². The van der Waals surface area contributed by atoms with Crippen molar-refractivity contribution in [1.29, 1.82) is 0 Å². The fourth-order valence-corrected chi connectivity index (χ4v) is 2.27. The Morgan fingerprint density at radius 2 is 2.36 bits per heavy atom. The first-order valence-electron chi connectivity index (χ1n) is 4.23. The van der Waals surface area contributed by atoms with E-state index in [0.717, 1.165) is 16.4 Å². The molecule has 2 heterocycles. The van der Waals surface area contributed by atoms with Gasteiger partial charge in [0.1, 0.15) is 0 Å². The SMILES string of the molecule is NCc1cnn(Cc2ccc(Cl)s2)c1. The molecule has 0 aliphatic heterocycles. The zero-order valence-corrected chi connectivity index (χ0v) is 9.05. The van der Waals surface area contributed by atoms with Crippen molar-refractivity contribution in [2.45, 2.75) is 13.1 Å². The quantitative estimate of drug-likeness (QED) is 0.873. The molecule has 0 fully saturated rings. The monoisotopic (exact) mass is 227 g/mol. The first-order chi connectivity index (χ1) is 6.78. The van der Waals surface area contributed by atoms with Crippen LogP contribution in [0.15, 0.2) is 24.5 Å². The van der Waals surface area contributed by atoms with Gasteiger partial charge in [-0.25, -0.2) is 0 Å². The summed E-state index contributed by atoms with van der Waals surface area (Å²) in [5, 5.41) is 4.19. The van der Waals surface area contributed by atoms with Gasteiger partial charge in [0.15, 0.2) is 0 Å². The number of nitrogens with two attached hydrogens (primary N) is 1. The molecule has 0 saturated heterocycles. The maximum absolute atomic E-state index is 5.83. The molecule has 14 heavy (non-hydrogen) atoms.